The molecule has 1 saturated heterocycles. The van der Waals surface area contributed by atoms with Crippen LogP contribution in [0.25, 0.3) is 0 Å². The van der Waals surface area contributed by atoms with E-state index in [4.69, 9.17) is 5.26 Å². The van der Waals surface area contributed by atoms with E-state index in [-0.39, 0.29) is 17.9 Å². The Morgan fingerprint density at radius 3 is 2.71 bits per heavy atom. The highest BCUT2D eigenvalue weighted by Gasteiger charge is 2.27. The third-order valence-electron chi connectivity index (χ3n) is 3.56. The second-order valence-electron chi connectivity index (χ2n) is 4.91. The average molecular weight is 287 g/mol. The molecule has 6 nitrogen and oxygen atoms in total. The number of piperidine rings is 1. The minimum Gasteiger partial charge on any atom is -0.453 e. The van der Waals surface area contributed by atoms with Crippen molar-refractivity contribution in [3.63, 3.8) is 0 Å². The quantitative estimate of drug-likeness (QED) is 0.901. The van der Waals surface area contributed by atoms with E-state index in [0.717, 1.165) is 0 Å². The molecule has 1 N–H and O–H groups in total. The highest BCUT2D eigenvalue weighted by Crippen LogP contribution is 2.20. The summed E-state index contributed by atoms with van der Waals surface area (Å²) in [4.78, 5) is 25.2. The van der Waals surface area contributed by atoms with Gasteiger partial charge in [0, 0.05) is 24.7 Å². The zero-order valence-electron chi connectivity index (χ0n) is 11.8. The standard InChI is InChI=1S/C15H17N3O3/c1-21-15(20)18-7-5-12(6-8-18)14(19)17-13-4-2-3-11(9-13)10-16/h2-4,9,12H,5-8H2,1H3,(H,17,19). The summed E-state index contributed by atoms with van der Waals surface area (Å²) in [6, 6.07) is 8.84. The van der Waals surface area contributed by atoms with Crippen LogP contribution in [-0.4, -0.2) is 37.1 Å². The van der Waals surface area contributed by atoms with Crippen molar-refractivity contribution in [2.24, 2.45) is 5.92 Å². The highest BCUT2D eigenvalue weighted by molar-refractivity contribution is 5.92. The molecule has 1 aromatic carbocycles. The second-order valence-corrected chi connectivity index (χ2v) is 4.91. The first-order chi connectivity index (χ1) is 10.1. The van der Waals surface area contributed by atoms with Crippen molar-refractivity contribution >= 4 is 17.7 Å². The molecule has 1 aliphatic rings. The number of rotatable bonds is 2. The molecule has 21 heavy (non-hydrogen) atoms. The lowest BCUT2D eigenvalue weighted by molar-refractivity contribution is -0.121. The van der Waals surface area contributed by atoms with Crippen LogP contribution in [0.3, 0.4) is 0 Å². The van der Waals surface area contributed by atoms with Crippen molar-refractivity contribution in [1.29, 1.82) is 5.26 Å². The monoisotopic (exact) mass is 287 g/mol. The lowest BCUT2D eigenvalue weighted by Crippen LogP contribution is -2.41. The summed E-state index contributed by atoms with van der Waals surface area (Å²) < 4.78 is 4.66. The fraction of sp³-hybridized carbons (Fsp3) is 0.400. The molecular formula is C15H17N3O3. The van der Waals surface area contributed by atoms with E-state index >= 15 is 0 Å². The van der Waals surface area contributed by atoms with Gasteiger partial charge < -0.3 is 15.0 Å². The van der Waals surface area contributed by atoms with Crippen LogP contribution in [0.2, 0.25) is 0 Å². The van der Waals surface area contributed by atoms with Gasteiger partial charge in [-0.15, -0.1) is 0 Å². The molecule has 0 radical (unpaired) electrons. The normalized spacial score (nSPS) is 15.1. The third kappa shape index (κ3) is 3.72. The molecule has 0 aromatic heterocycles. The molecule has 0 bridgehead atoms. The first-order valence-electron chi connectivity index (χ1n) is 6.78. The van der Waals surface area contributed by atoms with Crippen LogP contribution in [0, 0.1) is 17.2 Å². The summed E-state index contributed by atoms with van der Waals surface area (Å²) in [6.07, 6.45) is 0.869. The third-order valence-corrected chi connectivity index (χ3v) is 3.56. The van der Waals surface area contributed by atoms with Gasteiger partial charge in [0.05, 0.1) is 18.7 Å². The Hall–Kier alpha value is -2.55. The zero-order chi connectivity index (χ0) is 15.2. The minimum atomic E-state index is -0.351. The van der Waals surface area contributed by atoms with Crippen LogP contribution >= 0.6 is 0 Å². The molecule has 110 valence electrons. The van der Waals surface area contributed by atoms with Gasteiger partial charge in [-0.1, -0.05) is 6.07 Å². The second kappa shape index (κ2) is 6.75. The number of ether oxygens (including phenoxy) is 1. The van der Waals surface area contributed by atoms with Gasteiger partial charge in [0.1, 0.15) is 0 Å². The number of methoxy groups -OCH3 is 1. The molecule has 2 amide bonds. The van der Waals surface area contributed by atoms with Crippen molar-refractivity contribution in [3.8, 4) is 6.07 Å². The SMILES string of the molecule is COC(=O)N1CCC(C(=O)Nc2cccc(C#N)c2)CC1. The van der Waals surface area contributed by atoms with Crippen LogP contribution < -0.4 is 5.32 Å². The van der Waals surface area contributed by atoms with E-state index in [9.17, 15) is 9.59 Å². The van der Waals surface area contributed by atoms with Crippen LogP contribution in [0.4, 0.5) is 10.5 Å². The highest BCUT2D eigenvalue weighted by atomic mass is 16.5. The Balaban J connectivity index is 1.90. The van der Waals surface area contributed by atoms with Crippen molar-refractivity contribution in [2.45, 2.75) is 12.8 Å². The number of hydrogen-bond donors (Lipinski definition) is 1. The summed E-state index contributed by atoms with van der Waals surface area (Å²) in [7, 11) is 1.35. The Labute approximate surface area is 123 Å². The van der Waals surface area contributed by atoms with Crippen LogP contribution in [0.1, 0.15) is 18.4 Å². The topological polar surface area (TPSA) is 82.4 Å². The van der Waals surface area contributed by atoms with Gasteiger partial charge in [-0.25, -0.2) is 4.79 Å². The Morgan fingerprint density at radius 1 is 1.38 bits per heavy atom. The smallest absolute Gasteiger partial charge is 0.409 e. The number of hydrogen-bond acceptors (Lipinski definition) is 4. The maximum atomic E-state index is 12.2. The number of amides is 2. The molecule has 2 rings (SSSR count). The molecule has 1 heterocycles. The summed E-state index contributed by atoms with van der Waals surface area (Å²) in [5.74, 6) is -0.203. The van der Waals surface area contributed by atoms with Gasteiger partial charge in [0.25, 0.3) is 0 Å². The fourth-order valence-electron chi connectivity index (χ4n) is 2.36. The number of likely N-dealkylation sites (tertiary alicyclic amines) is 1. The molecule has 0 unspecified atom stereocenters. The number of nitrogens with zero attached hydrogens (tertiary/aromatic N) is 2. The number of nitrogens with one attached hydrogen (secondary N) is 1. The predicted octanol–water partition coefficient (Wildman–Crippen LogP) is 1.98. The van der Waals surface area contributed by atoms with Gasteiger partial charge in [0.15, 0.2) is 0 Å². The maximum absolute atomic E-state index is 12.2. The molecule has 1 aliphatic heterocycles. The number of carbonyl (C=O) groups excluding carboxylic acids is 2. The van der Waals surface area contributed by atoms with Crippen LogP contribution in [0.5, 0.6) is 0 Å². The number of nitriles is 1. The Kier molecular flexibility index (Phi) is 4.77. The number of carbonyl (C=O) groups is 2. The van der Waals surface area contributed by atoms with Gasteiger partial charge in [0.2, 0.25) is 5.91 Å². The summed E-state index contributed by atoms with van der Waals surface area (Å²) in [5.41, 5.74) is 1.13. The van der Waals surface area contributed by atoms with E-state index in [1.165, 1.54) is 7.11 Å². The van der Waals surface area contributed by atoms with Crippen molar-refractivity contribution in [3.05, 3.63) is 29.8 Å². The summed E-state index contributed by atoms with van der Waals surface area (Å²) in [5, 5.41) is 11.7. The molecule has 6 heteroatoms. The van der Waals surface area contributed by atoms with Crippen LogP contribution in [0.15, 0.2) is 24.3 Å². The number of anilines is 1. The van der Waals surface area contributed by atoms with Gasteiger partial charge in [-0.2, -0.15) is 5.26 Å². The minimum absolute atomic E-state index is 0.0744. The van der Waals surface area contributed by atoms with Crippen LogP contribution in [-0.2, 0) is 9.53 Å². The van der Waals surface area contributed by atoms with Crippen molar-refractivity contribution < 1.29 is 14.3 Å². The lowest BCUT2D eigenvalue weighted by Gasteiger charge is -2.30. The predicted molar refractivity (Wildman–Crippen MR) is 76.5 cm³/mol. The Morgan fingerprint density at radius 2 is 2.10 bits per heavy atom. The van der Waals surface area contributed by atoms with Crippen molar-refractivity contribution in [2.75, 3.05) is 25.5 Å². The summed E-state index contributed by atoms with van der Waals surface area (Å²) in [6.45, 7) is 1.03. The molecule has 1 aromatic rings. The molecular weight excluding hydrogens is 270 g/mol. The van der Waals surface area contributed by atoms with E-state index in [0.29, 0.717) is 37.2 Å². The maximum Gasteiger partial charge on any atom is 0.409 e. The largest absolute Gasteiger partial charge is 0.453 e. The number of benzene rings is 1. The first kappa shape index (κ1) is 14.9. The van der Waals surface area contributed by atoms with Gasteiger partial charge >= 0.3 is 6.09 Å². The van der Waals surface area contributed by atoms with Gasteiger partial charge in [-0.05, 0) is 31.0 Å². The van der Waals surface area contributed by atoms with E-state index in [2.05, 4.69) is 10.1 Å². The van der Waals surface area contributed by atoms with E-state index in [1.54, 1.807) is 29.2 Å². The van der Waals surface area contributed by atoms with Gasteiger partial charge in [-0.3, -0.25) is 4.79 Å². The summed E-state index contributed by atoms with van der Waals surface area (Å²) >= 11 is 0. The lowest BCUT2D eigenvalue weighted by atomic mass is 9.96. The zero-order valence-corrected chi connectivity index (χ0v) is 11.8. The van der Waals surface area contributed by atoms with Crippen molar-refractivity contribution in [1.82, 2.24) is 4.90 Å². The molecule has 0 atom stereocenters. The van der Waals surface area contributed by atoms with E-state index in [1.807, 2.05) is 6.07 Å². The molecule has 0 aliphatic carbocycles. The van der Waals surface area contributed by atoms with E-state index < -0.39 is 0 Å². The Bertz CT molecular complexity index is 572. The molecule has 0 saturated carbocycles. The molecule has 0 spiro atoms. The molecule has 1 fully saturated rings. The first-order valence-corrected chi connectivity index (χ1v) is 6.78. The average Bonchev–Trinajstić information content (AvgIpc) is 2.54. The fourth-order valence-corrected chi connectivity index (χ4v) is 2.36.